The fourth-order valence-corrected chi connectivity index (χ4v) is 7.15. The summed E-state index contributed by atoms with van der Waals surface area (Å²) in [7, 11) is -3.78. The van der Waals surface area contributed by atoms with Crippen molar-refractivity contribution in [1.82, 2.24) is 14.4 Å². The van der Waals surface area contributed by atoms with Crippen molar-refractivity contribution in [1.29, 1.82) is 0 Å². The second-order valence-electron chi connectivity index (χ2n) is 10.1. The van der Waals surface area contributed by atoms with Crippen LogP contribution in [0.1, 0.15) is 36.4 Å². The molecule has 9 heteroatoms. The van der Waals surface area contributed by atoms with Gasteiger partial charge in [-0.25, -0.2) is 8.42 Å². The minimum Gasteiger partial charge on any atom is -0.368 e. The molecule has 1 amide bonds. The summed E-state index contributed by atoms with van der Waals surface area (Å²) < 4.78 is 33.4. The van der Waals surface area contributed by atoms with Gasteiger partial charge in [-0.15, -0.1) is 0 Å². The van der Waals surface area contributed by atoms with Gasteiger partial charge >= 0.3 is 0 Å². The smallest absolute Gasteiger partial charge is 0.248 e. The van der Waals surface area contributed by atoms with Crippen LogP contribution in [0.3, 0.4) is 0 Å². The van der Waals surface area contributed by atoms with Gasteiger partial charge in [-0.1, -0.05) is 31.1 Å². The van der Waals surface area contributed by atoms with E-state index in [1.54, 1.807) is 13.8 Å². The number of aromatic nitrogens is 1. The standard InChI is InChI=1S/C25H36N4O4S/c1-16(2)21-14-29(34(31,32)24-19(5)26-33-20(24)6)15-22(21)25(30)28-11-9-27(10-12-28)23-13-17(3)7-8-18(23)4/h7-8,13,16,21-22H,9-12,14-15H2,1-6H3/t21?,22-/m1/s1. The van der Waals surface area contributed by atoms with Crippen molar-refractivity contribution < 1.29 is 17.7 Å². The molecule has 2 saturated heterocycles. The lowest BCUT2D eigenvalue weighted by Crippen LogP contribution is -2.51. The first kappa shape index (κ1) is 24.7. The maximum absolute atomic E-state index is 13.6. The molecule has 0 aliphatic carbocycles. The maximum Gasteiger partial charge on any atom is 0.248 e. The number of carbonyl (C=O) groups excluding carboxylic acids is 1. The Morgan fingerprint density at radius 2 is 1.74 bits per heavy atom. The van der Waals surface area contributed by atoms with Crippen molar-refractivity contribution in [3.05, 3.63) is 40.8 Å². The largest absolute Gasteiger partial charge is 0.368 e. The van der Waals surface area contributed by atoms with Crippen LogP contribution in [0.15, 0.2) is 27.6 Å². The van der Waals surface area contributed by atoms with Gasteiger partial charge in [0, 0.05) is 45.0 Å². The molecule has 186 valence electrons. The van der Waals surface area contributed by atoms with Gasteiger partial charge < -0.3 is 14.3 Å². The van der Waals surface area contributed by atoms with Crippen molar-refractivity contribution in [3.8, 4) is 0 Å². The topological polar surface area (TPSA) is 87.0 Å². The number of aryl methyl sites for hydroxylation is 4. The number of rotatable bonds is 5. The van der Waals surface area contributed by atoms with Gasteiger partial charge in [0.15, 0.2) is 5.76 Å². The molecule has 2 aliphatic heterocycles. The van der Waals surface area contributed by atoms with Gasteiger partial charge in [0.2, 0.25) is 15.9 Å². The molecule has 2 atom stereocenters. The number of carbonyl (C=O) groups is 1. The van der Waals surface area contributed by atoms with E-state index in [9.17, 15) is 13.2 Å². The molecule has 0 N–H and O–H groups in total. The van der Waals surface area contributed by atoms with Crippen LogP contribution >= 0.6 is 0 Å². The summed E-state index contributed by atoms with van der Waals surface area (Å²) in [6.07, 6.45) is 0. The third-order valence-corrected chi connectivity index (χ3v) is 9.44. The van der Waals surface area contributed by atoms with Crippen molar-refractivity contribution >= 4 is 21.6 Å². The highest BCUT2D eigenvalue weighted by molar-refractivity contribution is 7.89. The Kier molecular flexibility index (Phi) is 6.79. The fraction of sp³-hybridized carbons (Fsp3) is 0.600. The highest BCUT2D eigenvalue weighted by Crippen LogP contribution is 2.36. The van der Waals surface area contributed by atoms with E-state index in [4.69, 9.17) is 4.52 Å². The van der Waals surface area contributed by atoms with E-state index in [1.165, 1.54) is 21.1 Å². The first-order valence-electron chi connectivity index (χ1n) is 12.0. The summed E-state index contributed by atoms with van der Waals surface area (Å²) in [6, 6.07) is 6.46. The lowest BCUT2D eigenvalue weighted by molar-refractivity contribution is -0.137. The number of sulfonamides is 1. The van der Waals surface area contributed by atoms with Crippen LogP contribution in [0.25, 0.3) is 0 Å². The third kappa shape index (κ3) is 4.47. The van der Waals surface area contributed by atoms with Crippen molar-refractivity contribution in [3.63, 3.8) is 0 Å². The van der Waals surface area contributed by atoms with Crippen LogP contribution in [0.2, 0.25) is 0 Å². The molecule has 4 rings (SSSR count). The maximum atomic E-state index is 13.6. The zero-order valence-corrected chi connectivity index (χ0v) is 21.9. The Morgan fingerprint density at radius 1 is 1.06 bits per heavy atom. The van der Waals surface area contributed by atoms with Gasteiger partial charge in [0.1, 0.15) is 10.6 Å². The average molecular weight is 489 g/mol. The molecule has 3 heterocycles. The van der Waals surface area contributed by atoms with Gasteiger partial charge in [0.05, 0.1) is 5.92 Å². The molecule has 34 heavy (non-hydrogen) atoms. The van der Waals surface area contributed by atoms with Gasteiger partial charge in [0.25, 0.3) is 0 Å². The molecule has 8 nitrogen and oxygen atoms in total. The summed E-state index contributed by atoms with van der Waals surface area (Å²) >= 11 is 0. The van der Waals surface area contributed by atoms with Crippen LogP contribution in [-0.4, -0.2) is 68.0 Å². The number of nitrogens with zero attached hydrogens (tertiary/aromatic N) is 4. The number of hydrogen-bond acceptors (Lipinski definition) is 6. The van der Waals surface area contributed by atoms with Crippen molar-refractivity contribution in [2.75, 3.05) is 44.2 Å². The Bertz CT molecular complexity index is 1150. The SMILES string of the molecule is Cc1ccc(C)c(N2CCN(C(=O)[C@@H]3CN(S(=O)(=O)c4c(C)noc4C)CC3C(C)C)CC2)c1. The zero-order chi connectivity index (χ0) is 24.8. The highest BCUT2D eigenvalue weighted by Gasteiger charge is 2.46. The minimum atomic E-state index is -3.78. The van der Waals surface area contributed by atoms with E-state index < -0.39 is 10.0 Å². The first-order chi connectivity index (χ1) is 16.0. The molecule has 0 radical (unpaired) electrons. The van der Waals surface area contributed by atoms with Crippen LogP contribution in [-0.2, 0) is 14.8 Å². The molecule has 2 aliphatic rings. The van der Waals surface area contributed by atoms with Crippen LogP contribution in [0, 0.1) is 45.4 Å². The van der Waals surface area contributed by atoms with Crippen LogP contribution in [0.4, 0.5) is 5.69 Å². The van der Waals surface area contributed by atoms with Crippen molar-refractivity contribution in [2.45, 2.75) is 46.4 Å². The van der Waals surface area contributed by atoms with Crippen LogP contribution < -0.4 is 4.90 Å². The molecule has 1 aromatic carbocycles. The summed E-state index contributed by atoms with van der Waals surface area (Å²) in [5, 5.41) is 3.82. The Morgan fingerprint density at radius 3 is 2.32 bits per heavy atom. The molecule has 1 unspecified atom stereocenters. The predicted molar refractivity (Wildman–Crippen MR) is 131 cm³/mol. The van der Waals surface area contributed by atoms with E-state index in [0.717, 1.165) is 13.1 Å². The second kappa shape index (κ2) is 9.34. The fourth-order valence-electron chi connectivity index (χ4n) is 5.36. The second-order valence-corrected chi connectivity index (χ2v) is 12.0. The average Bonchev–Trinajstić information content (AvgIpc) is 3.39. The summed E-state index contributed by atoms with van der Waals surface area (Å²) in [5.41, 5.74) is 4.05. The molecule has 0 saturated carbocycles. The molecule has 0 spiro atoms. The van der Waals surface area contributed by atoms with Gasteiger partial charge in [-0.3, -0.25) is 4.79 Å². The monoisotopic (exact) mass is 488 g/mol. The number of hydrogen-bond donors (Lipinski definition) is 0. The summed E-state index contributed by atoms with van der Waals surface area (Å²) in [5.74, 6) is 0.170. The van der Waals surface area contributed by atoms with E-state index in [-0.39, 0.29) is 40.9 Å². The Balaban J connectivity index is 1.49. The summed E-state index contributed by atoms with van der Waals surface area (Å²) in [4.78, 5) is 18.0. The third-order valence-electron chi connectivity index (χ3n) is 7.37. The zero-order valence-electron chi connectivity index (χ0n) is 21.0. The number of benzene rings is 1. The molecular formula is C25H36N4O4S. The molecule has 0 bridgehead atoms. The lowest BCUT2D eigenvalue weighted by Gasteiger charge is -2.38. The molecule has 2 fully saturated rings. The molecule has 1 aromatic heterocycles. The quantitative estimate of drug-likeness (QED) is 0.643. The van der Waals surface area contributed by atoms with Crippen molar-refractivity contribution in [2.24, 2.45) is 17.8 Å². The minimum absolute atomic E-state index is 0.0280. The van der Waals surface area contributed by atoms with Gasteiger partial charge in [-0.2, -0.15) is 4.31 Å². The van der Waals surface area contributed by atoms with Gasteiger partial charge in [-0.05, 0) is 56.7 Å². The highest BCUT2D eigenvalue weighted by atomic mass is 32.2. The van der Waals surface area contributed by atoms with E-state index in [1.807, 2.05) is 4.90 Å². The molecular weight excluding hydrogens is 452 g/mol. The number of anilines is 1. The Labute approximate surface area is 202 Å². The predicted octanol–water partition coefficient (Wildman–Crippen LogP) is 3.15. The van der Waals surface area contributed by atoms with E-state index in [0.29, 0.717) is 25.3 Å². The van der Waals surface area contributed by atoms with E-state index in [2.05, 4.69) is 56.0 Å². The number of amides is 1. The Hall–Kier alpha value is -2.39. The van der Waals surface area contributed by atoms with Crippen LogP contribution in [0.5, 0.6) is 0 Å². The summed E-state index contributed by atoms with van der Waals surface area (Å²) in [6.45, 7) is 15.0. The first-order valence-corrected chi connectivity index (χ1v) is 13.5. The normalized spacial score (nSPS) is 22.1. The lowest BCUT2D eigenvalue weighted by atomic mass is 9.85. The molecule has 2 aromatic rings. The number of piperazine rings is 1. The van der Waals surface area contributed by atoms with E-state index >= 15 is 0 Å².